The zero-order valence-corrected chi connectivity index (χ0v) is 10.1. The van der Waals surface area contributed by atoms with Crippen molar-refractivity contribution in [3.05, 3.63) is 35.9 Å². The Morgan fingerprint density at radius 1 is 1.25 bits per heavy atom. The molecule has 1 fully saturated rings. The van der Waals surface area contributed by atoms with Gasteiger partial charge in [-0.05, 0) is 37.4 Å². The highest BCUT2D eigenvalue weighted by atomic mass is 15.0. The Kier molecular flexibility index (Phi) is 4.37. The summed E-state index contributed by atoms with van der Waals surface area (Å²) in [6, 6.07) is 11.5. The maximum absolute atomic E-state index is 3.68. The van der Waals surface area contributed by atoms with E-state index in [2.05, 4.69) is 47.9 Å². The zero-order valence-electron chi connectivity index (χ0n) is 10.1. The molecule has 2 heteroatoms. The van der Waals surface area contributed by atoms with E-state index in [9.17, 15) is 0 Å². The molecule has 88 valence electrons. The van der Waals surface area contributed by atoms with Gasteiger partial charge in [-0.15, -0.1) is 0 Å². The number of rotatable bonds is 4. The van der Waals surface area contributed by atoms with Gasteiger partial charge < -0.3 is 10.6 Å². The van der Waals surface area contributed by atoms with Crippen molar-refractivity contribution in [1.29, 1.82) is 0 Å². The molecule has 1 aliphatic rings. The topological polar surface area (TPSA) is 24.1 Å². The van der Waals surface area contributed by atoms with Crippen LogP contribution >= 0.6 is 0 Å². The molecule has 2 nitrogen and oxygen atoms in total. The molecule has 16 heavy (non-hydrogen) atoms. The summed E-state index contributed by atoms with van der Waals surface area (Å²) >= 11 is 0. The van der Waals surface area contributed by atoms with Crippen molar-refractivity contribution in [2.24, 2.45) is 0 Å². The molecule has 0 aromatic heterocycles. The summed E-state index contributed by atoms with van der Waals surface area (Å²) in [6.07, 6.45) is 2.53. The highest BCUT2D eigenvalue weighted by molar-refractivity contribution is 5.18. The summed E-state index contributed by atoms with van der Waals surface area (Å²) in [5.41, 5.74) is 1.43. The van der Waals surface area contributed by atoms with Gasteiger partial charge in [-0.25, -0.2) is 0 Å². The summed E-state index contributed by atoms with van der Waals surface area (Å²) in [4.78, 5) is 0. The van der Waals surface area contributed by atoms with Crippen LogP contribution in [0, 0.1) is 0 Å². The second-order valence-corrected chi connectivity index (χ2v) is 4.74. The van der Waals surface area contributed by atoms with E-state index in [0.29, 0.717) is 12.0 Å². The molecule has 0 radical (unpaired) electrons. The van der Waals surface area contributed by atoms with Gasteiger partial charge in [-0.3, -0.25) is 0 Å². The molecule has 1 aromatic rings. The maximum atomic E-state index is 3.68. The predicted molar refractivity (Wildman–Crippen MR) is 68.8 cm³/mol. The molecule has 0 aliphatic carbocycles. The highest BCUT2D eigenvalue weighted by Gasteiger charge is 2.13. The second-order valence-electron chi connectivity index (χ2n) is 4.74. The van der Waals surface area contributed by atoms with E-state index < -0.39 is 0 Å². The lowest BCUT2D eigenvalue weighted by molar-refractivity contribution is 0.381. The standard InChI is InChI=1S/C14H22N2/c1-12(13-5-3-2-4-6-13)11-16-14-7-9-15-10-8-14/h2-6,12,14-16H,7-11H2,1H3. The molecule has 0 bridgehead atoms. The van der Waals surface area contributed by atoms with Crippen molar-refractivity contribution in [3.63, 3.8) is 0 Å². The fraction of sp³-hybridized carbons (Fsp3) is 0.571. The summed E-state index contributed by atoms with van der Waals surface area (Å²) < 4.78 is 0. The third kappa shape index (κ3) is 3.32. The fourth-order valence-corrected chi connectivity index (χ4v) is 2.27. The summed E-state index contributed by atoms with van der Waals surface area (Å²) in [7, 11) is 0. The van der Waals surface area contributed by atoms with Gasteiger partial charge in [0.15, 0.2) is 0 Å². The lowest BCUT2D eigenvalue weighted by Gasteiger charge is -2.25. The minimum absolute atomic E-state index is 0.607. The lowest BCUT2D eigenvalue weighted by atomic mass is 10.00. The number of nitrogens with one attached hydrogen (secondary N) is 2. The quantitative estimate of drug-likeness (QED) is 0.809. The minimum atomic E-state index is 0.607. The van der Waals surface area contributed by atoms with Gasteiger partial charge in [0, 0.05) is 12.6 Å². The van der Waals surface area contributed by atoms with Gasteiger partial charge in [0.1, 0.15) is 0 Å². The first-order valence-electron chi connectivity index (χ1n) is 6.35. The molecule has 2 rings (SSSR count). The van der Waals surface area contributed by atoms with Crippen molar-refractivity contribution >= 4 is 0 Å². The van der Waals surface area contributed by atoms with E-state index >= 15 is 0 Å². The Balaban J connectivity index is 1.77. The van der Waals surface area contributed by atoms with E-state index in [-0.39, 0.29) is 0 Å². The molecular weight excluding hydrogens is 196 g/mol. The van der Waals surface area contributed by atoms with Crippen LogP contribution in [0.5, 0.6) is 0 Å². The molecule has 1 atom stereocenters. The van der Waals surface area contributed by atoms with Crippen LogP contribution in [0.1, 0.15) is 31.2 Å². The Morgan fingerprint density at radius 3 is 2.62 bits per heavy atom. The van der Waals surface area contributed by atoms with E-state index in [1.54, 1.807) is 0 Å². The van der Waals surface area contributed by atoms with E-state index in [0.717, 1.165) is 19.6 Å². The van der Waals surface area contributed by atoms with Gasteiger partial charge in [0.2, 0.25) is 0 Å². The monoisotopic (exact) mass is 218 g/mol. The van der Waals surface area contributed by atoms with Gasteiger partial charge in [0.25, 0.3) is 0 Å². The Labute approximate surface area is 98.4 Å². The Bertz CT molecular complexity index is 291. The van der Waals surface area contributed by atoms with Crippen LogP contribution in [-0.4, -0.2) is 25.7 Å². The minimum Gasteiger partial charge on any atom is -0.317 e. The smallest absolute Gasteiger partial charge is 0.00914 e. The third-order valence-corrected chi connectivity index (χ3v) is 3.42. The highest BCUT2D eigenvalue weighted by Crippen LogP contribution is 2.14. The molecule has 0 amide bonds. The number of hydrogen-bond acceptors (Lipinski definition) is 2. The van der Waals surface area contributed by atoms with Crippen LogP contribution < -0.4 is 10.6 Å². The number of benzene rings is 1. The molecule has 1 unspecified atom stereocenters. The van der Waals surface area contributed by atoms with Gasteiger partial charge in [-0.2, -0.15) is 0 Å². The van der Waals surface area contributed by atoms with Crippen LogP contribution in [0.4, 0.5) is 0 Å². The van der Waals surface area contributed by atoms with Crippen molar-refractivity contribution in [2.75, 3.05) is 19.6 Å². The molecular formula is C14H22N2. The van der Waals surface area contributed by atoms with Crippen molar-refractivity contribution in [1.82, 2.24) is 10.6 Å². The Morgan fingerprint density at radius 2 is 1.94 bits per heavy atom. The number of piperidine rings is 1. The van der Waals surface area contributed by atoms with Gasteiger partial charge in [0.05, 0.1) is 0 Å². The summed E-state index contributed by atoms with van der Waals surface area (Å²) in [6.45, 7) is 5.72. The fourth-order valence-electron chi connectivity index (χ4n) is 2.27. The van der Waals surface area contributed by atoms with Crippen molar-refractivity contribution < 1.29 is 0 Å². The third-order valence-electron chi connectivity index (χ3n) is 3.42. The zero-order chi connectivity index (χ0) is 11.2. The normalized spacial score (nSPS) is 19.6. The second kappa shape index (κ2) is 6.02. The Hall–Kier alpha value is -0.860. The van der Waals surface area contributed by atoms with E-state index in [1.807, 2.05) is 0 Å². The average Bonchev–Trinajstić information content (AvgIpc) is 2.38. The van der Waals surface area contributed by atoms with Gasteiger partial charge in [-0.1, -0.05) is 37.3 Å². The SMILES string of the molecule is CC(CNC1CCNCC1)c1ccccc1. The molecule has 0 spiro atoms. The molecule has 2 N–H and O–H groups in total. The van der Waals surface area contributed by atoms with Crippen LogP contribution in [0.15, 0.2) is 30.3 Å². The molecule has 1 saturated heterocycles. The van der Waals surface area contributed by atoms with E-state index in [4.69, 9.17) is 0 Å². The van der Waals surface area contributed by atoms with Crippen LogP contribution in [0.2, 0.25) is 0 Å². The molecule has 1 aliphatic heterocycles. The first-order chi connectivity index (χ1) is 7.86. The summed E-state index contributed by atoms with van der Waals surface area (Å²) in [5.74, 6) is 0.607. The molecule has 1 heterocycles. The van der Waals surface area contributed by atoms with Crippen molar-refractivity contribution in [3.8, 4) is 0 Å². The van der Waals surface area contributed by atoms with Crippen LogP contribution in [-0.2, 0) is 0 Å². The van der Waals surface area contributed by atoms with E-state index in [1.165, 1.54) is 18.4 Å². The predicted octanol–water partition coefficient (Wildman–Crippen LogP) is 2.13. The first-order valence-corrected chi connectivity index (χ1v) is 6.35. The number of hydrogen-bond donors (Lipinski definition) is 2. The maximum Gasteiger partial charge on any atom is 0.00914 e. The largest absolute Gasteiger partial charge is 0.317 e. The van der Waals surface area contributed by atoms with Crippen LogP contribution in [0.25, 0.3) is 0 Å². The van der Waals surface area contributed by atoms with Crippen LogP contribution in [0.3, 0.4) is 0 Å². The van der Waals surface area contributed by atoms with Crippen molar-refractivity contribution in [2.45, 2.75) is 31.7 Å². The first kappa shape index (κ1) is 11.6. The molecule has 1 aromatic carbocycles. The lowest BCUT2D eigenvalue weighted by Crippen LogP contribution is -2.41. The average molecular weight is 218 g/mol. The van der Waals surface area contributed by atoms with Gasteiger partial charge >= 0.3 is 0 Å². The summed E-state index contributed by atoms with van der Waals surface area (Å²) in [5, 5.41) is 7.07. The molecule has 0 saturated carbocycles.